The highest BCUT2D eigenvalue weighted by Crippen LogP contribution is 2.25. The first-order valence-corrected chi connectivity index (χ1v) is 7.54. The van der Waals surface area contributed by atoms with Gasteiger partial charge in [0, 0.05) is 17.7 Å². The average Bonchev–Trinajstić information content (AvgIpc) is 3.24. The maximum Gasteiger partial charge on any atom is 0.293 e. The summed E-state index contributed by atoms with van der Waals surface area (Å²) in [5, 5.41) is 27.0. The molecule has 0 aliphatic heterocycles. The summed E-state index contributed by atoms with van der Waals surface area (Å²) in [6.07, 6.45) is 0. The lowest BCUT2D eigenvalue weighted by atomic mass is 10.1. The molecule has 0 fully saturated rings. The van der Waals surface area contributed by atoms with Crippen molar-refractivity contribution in [1.29, 1.82) is 0 Å². The minimum absolute atomic E-state index is 0.0113. The van der Waals surface area contributed by atoms with Crippen molar-refractivity contribution in [3.05, 3.63) is 52.3 Å². The smallest absolute Gasteiger partial charge is 0.293 e. The van der Waals surface area contributed by atoms with Gasteiger partial charge in [0.15, 0.2) is 10.9 Å². The maximum absolute atomic E-state index is 12.2. The van der Waals surface area contributed by atoms with Crippen LogP contribution in [0.4, 0.5) is 11.6 Å². The lowest BCUT2D eigenvalue weighted by Gasteiger charge is -2.04. The minimum atomic E-state index is -0.594. The van der Waals surface area contributed by atoms with Gasteiger partial charge in [-0.15, -0.1) is 5.10 Å². The third kappa shape index (κ3) is 3.87. The fourth-order valence-corrected chi connectivity index (χ4v) is 2.20. The summed E-state index contributed by atoms with van der Waals surface area (Å²) in [7, 11) is 1.58. The Balaban J connectivity index is 1.69. The Labute approximate surface area is 151 Å². The zero-order valence-corrected chi connectivity index (χ0v) is 14.1. The van der Waals surface area contributed by atoms with Crippen molar-refractivity contribution in [2.45, 2.75) is 0 Å². The molecule has 0 bridgehead atoms. The van der Waals surface area contributed by atoms with Crippen molar-refractivity contribution >= 4 is 34.9 Å². The van der Waals surface area contributed by atoms with Gasteiger partial charge in [-0.05, 0) is 29.6 Å². The van der Waals surface area contributed by atoms with E-state index < -0.39 is 10.8 Å². The Morgan fingerprint density at radius 2 is 2.15 bits per heavy atom. The SMILES string of the molecule is Cn1nnc(NC(=S)NC(=O)c2ccc(-c3cccc([N+](=O)[O-])c3)o2)n1. The van der Waals surface area contributed by atoms with Crippen LogP contribution in [0.5, 0.6) is 0 Å². The van der Waals surface area contributed by atoms with Gasteiger partial charge in [0.05, 0.1) is 12.0 Å². The molecule has 2 heterocycles. The molecular formula is C14H11N7O4S. The number of furan rings is 1. The van der Waals surface area contributed by atoms with Gasteiger partial charge in [0.1, 0.15) is 5.76 Å². The van der Waals surface area contributed by atoms with Crippen LogP contribution in [0.3, 0.4) is 0 Å². The zero-order chi connectivity index (χ0) is 18.7. The topological polar surface area (TPSA) is 141 Å². The summed E-state index contributed by atoms with van der Waals surface area (Å²) in [5.74, 6) is -0.159. The van der Waals surface area contributed by atoms with E-state index in [0.29, 0.717) is 11.3 Å². The molecule has 11 nitrogen and oxygen atoms in total. The van der Waals surface area contributed by atoms with Crippen molar-refractivity contribution < 1.29 is 14.1 Å². The number of benzene rings is 1. The van der Waals surface area contributed by atoms with Gasteiger partial charge >= 0.3 is 0 Å². The number of non-ortho nitro benzene ring substituents is 1. The summed E-state index contributed by atoms with van der Waals surface area (Å²) in [6, 6.07) is 8.86. The molecule has 3 rings (SSSR count). The van der Waals surface area contributed by atoms with Crippen LogP contribution < -0.4 is 10.6 Å². The molecular weight excluding hydrogens is 362 g/mol. The predicted octanol–water partition coefficient (Wildman–Crippen LogP) is 1.51. The third-order valence-electron chi connectivity index (χ3n) is 3.13. The summed E-state index contributed by atoms with van der Waals surface area (Å²) in [4.78, 5) is 23.7. The van der Waals surface area contributed by atoms with E-state index in [1.165, 1.54) is 35.1 Å². The number of carbonyl (C=O) groups is 1. The first kappa shape index (κ1) is 17.2. The predicted molar refractivity (Wildman–Crippen MR) is 93.3 cm³/mol. The van der Waals surface area contributed by atoms with Crippen LogP contribution in [0.1, 0.15) is 10.6 Å². The van der Waals surface area contributed by atoms with Crippen LogP contribution >= 0.6 is 12.2 Å². The molecule has 0 radical (unpaired) electrons. The molecule has 0 saturated carbocycles. The fraction of sp³-hybridized carbons (Fsp3) is 0.0714. The minimum Gasteiger partial charge on any atom is -0.451 e. The summed E-state index contributed by atoms with van der Waals surface area (Å²) in [6.45, 7) is 0. The highest BCUT2D eigenvalue weighted by Gasteiger charge is 2.16. The van der Waals surface area contributed by atoms with Gasteiger partial charge in [-0.25, -0.2) is 0 Å². The summed E-state index contributed by atoms with van der Waals surface area (Å²) >= 11 is 4.99. The van der Waals surface area contributed by atoms with Crippen LogP contribution in [0, 0.1) is 10.1 Å². The number of carbonyl (C=O) groups excluding carboxylic acids is 1. The van der Waals surface area contributed by atoms with Crippen molar-refractivity contribution in [2.75, 3.05) is 5.32 Å². The van der Waals surface area contributed by atoms with Crippen LogP contribution in [-0.2, 0) is 7.05 Å². The third-order valence-corrected chi connectivity index (χ3v) is 3.34. The second-order valence-corrected chi connectivity index (χ2v) is 5.39. The average molecular weight is 373 g/mol. The van der Waals surface area contributed by atoms with Crippen LogP contribution in [0.2, 0.25) is 0 Å². The number of tetrazole rings is 1. The molecule has 0 aliphatic carbocycles. The van der Waals surface area contributed by atoms with Crippen LogP contribution in [0.15, 0.2) is 40.8 Å². The van der Waals surface area contributed by atoms with E-state index in [0.717, 1.165) is 0 Å². The summed E-state index contributed by atoms with van der Waals surface area (Å²) in [5.41, 5.74) is 0.398. The fourth-order valence-electron chi connectivity index (χ4n) is 2.02. The number of thiocarbonyl (C=S) groups is 1. The number of aryl methyl sites for hydroxylation is 1. The molecule has 0 atom stereocenters. The van der Waals surface area contributed by atoms with E-state index in [1.807, 2.05) is 0 Å². The molecule has 0 saturated heterocycles. The summed E-state index contributed by atoms with van der Waals surface area (Å²) < 4.78 is 5.45. The second-order valence-electron chi connectivity index (χ2n) is 4.98. The van der Waals surface area contributed by atoms with Crippen LogP contribution in [0.25, 0.3) is 11.3 Å². The Bertz CT molecular complexity index is 997. The van der Waals surface area contributed by atoms with E-state index in [4.69, 9.17) is 16.6 Å². The van der Waals surface area contributed by atoms with Gasteiger partial charge in [-0.1, -0.05) is 17.2 Å². The maximum atomic E-state index is 12.2. The second kappa shape index (κ2) is 7.06. The number of hydrogen-bond donors (Lipinski definition) is 2. The highest BCUT2D eigenvalue weighted by molar-refractivity contribution is 7.80. The molecule has 0 unspecified atom stereocenters. The number of nitro groups is 1. The standard InChI is InChI=1S/C14H11N7O4S/c1-20-18-13(17-19-20)16-14(26)15-12(22)11-6-5-10(25-11)8-3-2-4-9(7-8)21(23)24/h2-7H,1H3,(H2,15,16,18,22,26). The Hall–Kier alpha value is -3.67. The van der Waals surface area contributed by atoms with Gasteiger partial charge < -0.3 is 4.42 Å². The quantitative estimate of drug-likeness (QED) is 0.395. The van der Waals surface area contributed by atoms with Crippen LogP contribution in [-0.4, -0.2) is 36.2 Å². The Kier molecular flexibility index (Phi) is 4.66. The first-order chi connectivity index (χ1) is 12.4. The zero-order valence-electron chi connectivity index (χ0n) is 13.2. The number of nitrogens with zero attached hydrogens (tertiary/aromatic N) is 5. The lowest BCUT2D eigenvalue weighted by Crippen LogP contribution is -2.34. The molecule has 0 spiro atoms. The van der Waals surface area contributed by atoms with Crippen molar-refractivity contribution in [2.24, 2.45) is 7.05 Å². The first-order valence-electron chi connectivity index (χ1n) is 7.13. The number of anilines is 1. The normalized spacial score (nSPS) is 10.3. The Morgan fingerprint density at radius 3 is 2.85 bits per heavy atom. The van der Waals surface area contributed by atoms with Gasteiger partial charge in [-0.2, -0.15) is 4.80 Å². The van der Waals surface area contributed by atoms with E-state index in [9.17, 15) is 14.9 Å². The largest absolute Gasteiger partial charge is 0.451 e. The van der Waals surface area contributed by atoms with Crippen molar-refractivity contribution in [1.82, 2.24) is 25.5 Å². The van der Waals surface area contributed by atoms with Crippen molar-refractivity contribution in [3.63, 3.8) is 0 Å². The molecule has 1 amide bonds. The van der Waals surface area contributed by atoms with E-state index >= 15 is 0 Å². The van der Waals surface area contributed by atoms with E-state index in [1.54, 1.807) is 13.1 Å². The van der Waals surface area contributed by atoms with Gasteiger partial charge in [0.2, 0.25) is 0 Å². The number of rotatable bonds is 4. The molecule has 26 heavy (non-hydrogen) atoms. The molecule has 2 aromatic heterocycles. The van der Waals surface area contributed by atoms with Gasteiger partial charge in [0.25, 0.3) is 17.5 Å². The lowest BCUT2D eigenvalue weighted by molar-refractivity contribution is -0.384. The number of nitrogens with one attached hydrogen (secondary N) is 2. The molecule has 3 aromatic rings. The monoisotopic (exact) mass is 373 g/mol. The number of amides is 1. The molecule has 132 valence electrons. The molecule has 1 aromatic carbocycles. The van der Waals surface area contributed by atoms with Crippen molar-refractivity contribution in [3.8, 4) is 11.3 Å². The molecule has 0 aliphatic rings. The van der Waals surface area contributed by atoms with Gasteiger partial charge in [-0.3, -0.25) is 25.5 Å². The highest BCUT2D eigenvalue weighted by atomic mass is 32.1. The number of hydrogen-bond acceptors (Lipinski definition) is 8. The van der Waals surface area contributed by atoms with E-state index in [2.05, 4.69) is 26.0 Å². The molecule has 2 N–H and O–H groups in total. The number of nitro benzene ring substituents is 1. The number of aromatic nitrogens is 4. The Morgan fingerprint density at radius 1 is 1.35 bits per heavy atom. The van der Waals surface area contributed by atoms with E-state index in [-0.39, 0.29) is 22.5 Å². The molecule has 12 heteroatoms.